The number of rotatable bonds is 1. The van der Waals surface area contributed by atoms with Crippen LogP contribution < -0.4 is 24.8 Å². The van der Waals surface area contributed by atoms with Crippen LogP contribution in [0.4, 0.5) is 0 Å². The molecule has 30 heavy (non-hydrogen) atoms. The fourth-order valence-electron chi connectivity index (χ4n) is 3.18. The monoisotopic (exact) mass is 512 g/mol. The van der Waals surface area contributed by atoms with Crippen molar-refractivity contribution in [3.05, 3.63) is 102 Å². The van der Waals surface area contributed by atoms with Crippen LogP contribution in [-0.4, -0.2) is 3.21 Å². The van der Waals surface area contributed by atoms with Crippen LogP contribution in [0, 0.1) is 18.1 Å². The summed E-state index contributed by atoms with van der Waals surface area (Å²) in [6, 6.07) is 22.0. The van der Waals surface area contributed by atoms with E-state index in [0.29, 0.717) is 5.92 Å². The van der Waals surface area contributed by atoms with Crippen LogP contribution in [0.2, 0.25) is 0 Å². The van der Waals surface area contributed by atoms with Gasteiger partial charge in [-0.2, -0.15) is 35.9 Å². The van der Waals surface area contributed by atoms with Crippen molar-refractivity contribution in [2.45, 2.75) is 27.2 Å². The summed E-state index contributed by atoms with van der Waals surface area (Å²) in [7, 11) is 0. The minimum absolute atomic E-state index is 0. The summed E-state index contributed by atoms with van der Waals surface area (Å²) < 4.78 is 6.73. The van der Waals surface area contributed by atoms with Gasteiger partial charge in [-0.05, 0) is 18.6 Å². The molecule has 2 aliphatic carbocycles. The van der Waals surface area contributed by atoms with E-state index in [0.717, 1.165) is 17.8 Å². The van der Waals surface area contributed by atoms with E-state index in [1.807, 2.05) is 24.3 Å². The van der Waals surface area contributed by atoms with Gasteiger partial charge in [-0.3, -0.25) is 6.08 Å². The zero-order valence-electron chi connectivity index (χ0n) is 17.4. The van der Waals surface area contributed by atoms with Gasteiger partial charge in [0.25, 0.3) is 0 Å². The Kier molecular flexibility index (Phi) is 11.6. The number of allylic oxidation sites excluding steroid dienone is 4. The predicted octanol–water partition coefficient (Wildman–Crippen LogP) is 0.483. The van der Waals surface area contributed by atoms with Crippen molar-refractivity contribution >= 4 is 8.78 Å². The average Bonchev–Trinajstić information content (AvgIpc) is 3.41. The molecule has 154 valence electrons. The molecule has 5 rings (SSSR count). The Bertz CT molecular complexity index is 956. The van der Waals surface area contributed by atoms with Gasteiger partial charge in [-0.15, -0.1) is 11.1 Å². The summed E-state index contributed by atoms with van der Waals surface area (Å²) >= 11 is 1.55. The van der Waals surface area contributed by atoms with Crippen LogP contribution in [0.1, 0.15) is 37.7 Å². The van der Waals surface area contributed by atoms with Crippen LogP contribution in [-0.2, 0) is 30.7 Å². The van der Waals surface area contributed by atoms with Gasteiger partial charge in [0.1, 0.15) is 0 Å². The molecule has 1 aromatic heterocycles. The van der Waals surface area contributed by atoms with Crippen molar-refractivity contribution in [1.82, 2.24) is 0 Å². The minimum Gasteiger partial charge on any atom is -1.00 e. The van der Waals surface area contributed by atoms with Crippen molar-refractivity contribution in [2.24, 2.45) is 5.92 Å². The molecule has 2 aromatic carbocycles. The van der Waals surface area contributed by atoms with Crippen LogP contribution in [0.3, 0.4) is 0 Å². The van der Waals surface area contributed by atoms with Gasteiger partial charge >= 0.3 is 41.3 Å². The Labute approximate surface area is 207 Å². The zero-order valence-corrected chi connectivity index (χ0v) is 21.3. The van der Waals surface area contributed by atoms with Crippen LogP contribution in [0.5, 0.6) is 0 Å². The van der Waals surface area contributed by atoms with Gasteiger partial charge in [0.15, 0.2) is 0 Å². The standard InChI is InChI=1S/C13H9.C10H9O.C3H6.2ClH.Zr/c1-3-7-12-10(5-1)9-11-6-2-4-8-13(11)12;1-8-4-5-9(7-8)10-3-2-6-11-10;1-3-2;;;/h1-5,7-8H,9H2;2-3,5-8H,1H3;1-2H3;2*1H;/q2*-1;;;;+2/p-2. The van der Waals surface area contributed by atoms with Gasteiger partial charge < -0.3 is 29.2 Å². The average molecular weight is 515 g/mol. The van der Waals surface area contributed by atoms with Crippen LogP contribution >= 0.6 is 0 Å². The fraction of sp³-hybridized carbons (Fsp3) is 0.192. The maximum absolute atomic E-state index is 5.23. The van der Waals surface area contributed by atoms with Gasteiger partial charge in [0.2, 0.25) is 0 Å². The normalized spacial score (nSPS) is 14.4. The Morgan fingerprint density at radius 3 is 2.33 bits per heavy atom. The summed E-state index contributed by atoms with van der Waals surface area (Å²) in [5.74, 6) is 1.36. The molecule has 0 saturated heterocycles. The number of hydrogen-bond donors (Lipinski definition) is 0. The molecule has 3 aromatic rings. The molecule has 0 N–H and O–H groups in total. The van der Waals surface area contributed by atoms with Gasteiger partial charge in [-0.1, -0.05) is 48.2 Å². The first-order valence-corrected chi connectivity index (χ1v) is 10.7. The maximum Gasteiger partial charge on any atom is -0.0253 e. The molecule has 2 aliphatic rings. The molecular weight excluding hydrogens is 490 g/mol. The zero-order chi connectivity index (χ0) is 19.9. The third kappa shape index (κ3) is 7.34. The Balaban J connectivity index is 0.000000244. The first-order valence-electron chi connectivity index (χ1n) is 9.49. The Morgan fingerprint density at radius 2 is 1.70 bits per heavy atom. The number of benzene rings is 2. The second-order valence-electron chi connectivity index (χ2n) is 7.10. The fourth-order valence-corrected chi connectivity index (χ4v) is 3.18. The van der Waals surface area contributed by atoms with Crippen molar-refractivity contribution in [2.75, 3.05) is 0 Å². The summed E-state index contributed by atoms with van der Waals surface area (Å²) in [4.78, 5) is 0. The first-order chi connectivity index (χ1) is 13.5. The molecule has 0 amide bonds. The molecule has 0 fully saturated rings. The van der Waals surface area contributed by atoms with Gasteiger partial charge in [0, 0.05) is 0 Å². The maximum atomic E-state index is 5.23. The van der Waals surface area contributed by atoms with E-state index in [1.165, 1.54) is 25.5 Å². The third-order valence-electron chi connectivity index (χ3n) is 4.35. The van der Waals surface area contributed by atoms with Crippen molar-refractivity contribution in [3.63, 3.8) is 0 Å². The van der Waals surface area contributed by atoms with Crippen LogP contribution in [0.15, 0.2) is 77.4 Å². The van der Waals surface area contributed by atoms with Crippen LogP contribution in [0.25, 0.3) is 16.7 Å². The molecule has 0 spiro atoms. The molecular formula is C26H24Cl2OZr-2. The number of hydrogen-bond acceptors (Lipinski definition) is 1. The third-order valence-corrected chi connectivity index (χ3v) is 4.35. The van der Waals surface area contributed by atoms with Crippen molar-refractivity contribution in [1.29, 1.82) is 0 Å². The number of fused-ring (bicyclic) bond motifs is 3. The predicted molar refractivity (Wildman–Crippen MR) is 114 cm³/mol. The Hall–Kier alpha value is -1.47. The molecule has 4 heteroatoms. The van der Waals surface area contributed by atoms with E-state index in [-0.39, 0.29) is 24.8 Å². The first kappa shape index (κ1) is 26.6. The van der Waals surface area contributed by atoms with E-state index in [1.54, 1.807) is 30.5 Å². The van der Waals surface area contributed by atoms with E-state index < -0.39 is 0 Å². The number of halogens is 2. The van der Waals surface area contributed by atoms with E-state index in [2.05, 4.69) is 75.4 Å². The van der Waals surface area contributed by atoms with Crippen molar-refractivity contribution < 1.29 is 53.5 Å². The summed E-state index contributed by atoms with van der Waals surface area (Å²) in [6.45, 7) is 6.35. The van der Waals surface area contributed by atoms with Gasteiger partial charge in [-0.25, -0.2) is 6.08 Å². The van der Waals surface area contributed by atoms with Crippen molar-refractivity contribution in [3.8, 4) is 11.1 Å². The molecule has 0 aliphatic heterocycles. The number of furan rings is 1. The quantitative estimate of drug-likeness (QED) is 0.337. The molecule has 1 unspecified atom stereocenters. The summed E-state index contributed by atoms with van der Waals surface area (Å²) in [6.07, 6.45) is 10.0. The van der Waals surface area contributed by atoms with E-state index in [4.69, 9.17) is 4.42 Å². The SMILES string of the molecule is CC1[C-]=CC(c2ccco2)=C1.C[C](C)=[Zr+2].[Cl-].[Cl-].[c-]1cccc2c1Cc1ccccc1-2. The van der Waals surface area contributed by atoms with Gasteiger partial charge in [0.05, 0.1) is 12.0 Å². The summed E-state index contributed by atoms with van der Waals surface area (Å²) in [5, 5.41) is 0. The second kappa shape index (κ2) is 13.1. The molecule has 1 heterocycles. The smallest absolute Gasteiger partial charge is 0.0253 e. The van der Waals surface area contributed by atoms with E-state index in [9.17, 15) is 0 Å². The molecule has 0 radical (unpaired) electrons. The molecule has 0 bridgehead atoms. The van der Waals surface area contributed by atoms with E-state index >= 15 is 0 Å². The second-order valence-corrected chi connectivity index (χ2v) is 9.55. The summed E-state index contributed by atoms with van der Waals surface area (Å²) in [5.41, 5.74) is 6.65. The molecule has 1 atom stereocenters. The largest absolute Gasteiger partial charge is 1.00 e. The Morgan fingerprint density at radius 1 is 1.00 bits per heavy atom. The molecule has 1 nitrogen and oxygen atoms in total. The molecule has 0 saturated carbocycles. The topological polar surface area (TPSA) is 13.1 Å². The minimum atomic E-state index is 0.